The molecule has 2 aromatic rings. The highest BCUT2D eigenvalue weighted by Crippen LogP contribution is 2.51. The lowest BCUT2D eigenvalue weighted by Crippen LogP contribution is -1.94. The third-order valence-electron chi connectivity index (χ3n) is 3.06. The van der Waals surface area contributed by atoms with Crippen LogP contribution in [0.15, 0.2) is 36.4 Å². The second kappa shape index (κ2) is 4.73. The average Bonchev–Trinajstić information content (AvgIpc) is 2.35. The molecule has 18 heavy (non-hydrogen) atoms. The van der Waals surface area contributed by atoms with Crippen LogP contribution >= 0.6 is 7.60 Å². The molecule has 0 aliphatic rings. The maximum Gasteiger partial charge on any atom is 0.332 e. The molecule has 0 aliphatic heterocycles. The van der Waals surface area contributed by atoms with Crippen LogP contribution in [0.25, 0.3) is 10.8 Å². The number of benzene rings is 2. The first kappa shape index (κ1) is 13.1. The first-order valence-corrected chi connectivity index (χ1v) is 7.23. The Morgan fingerprint density at radius 1 is 1.11 bits per heavy atom. The van der Waals surface area contributed by atoms with Crippen molar-refractivity contribution in [2.24, 2.45) is 0 Å². The fourth-order valence-electron chi connectivity index (χ4n) is 1.82. The number of methoxy groups -OCH3 is 1. The summed E-state index contributed by atoms with van der Waals surface area (Å²) in [5.41, 5.74) is -0.148. The summed E-state index contributed by atoms with van der Waals surface area (Å²) in [5.74, 6) is 0.762. The van der Waals surface area contributed by atoms with Gasteiger partial charge in [-0.25, -0.2) is 0 Å². The molecule has 0 radical (unpaired) electrons. The second-order valence-corrected chi connectivity index (χ2v) is 6.19. The molecule has 0 unspecified atom stereocenters. The second-order valence-electron chi connectivity index (χ2n) is 4.24. The van der Waals surface area contributed by atoms with E-state index in [1.165, 1.54) is 6.92 Å². The van der Waals surface area contributed by atoms with Crippen molar-refractivity contribution in [3.05, 3.63) is 42.0 Å². The number of hydrogen-bond donors (Lipinski definition) is 2. The molecule has 0 saturated heterocycles. The fraction of sp³-hybridized carbons (Fsp3) is 0.231. The van der Waals surface area contributed by atoms with Crippen LogP contribution in [0.5, 0.6) is 5.75 Å². The van der Waals surface area contributed by atoms with Gasteiger partial charge in [-0.2, -0.15) is 0 Å². The first-order valence-electron chi connectivity index (χ1n) is 5.55. The van der Waals surface area contributed by atoms with E-state index < -0.39 is 13.3 Å². The lowest BCUT2D eigenvalue weighted by molar-refractivity contribution is 0.362. The van der Waals surface area contributed by atoms with Crippen molar-refractivity contribution in [2.45, 2.75) is 12.6 Å². The zero-order valence-corrected chi connectivity index (χ0v) is 11.1. The third-order valence-corrected chi connectivity index (χ3v) is 4.37. The zero-order chi connectivity index (χ0) is 13.3. The molecular formula is C13H15O4P. The molecule has 0 spiro atoms. The standard InChI is InChI=1S/C13H15O4P/c1-9(18(14,15)16)10-3-4-12-8-13(17-2)6-5-11(12)7-10/h3-9H,1-2H3,(H2,14,15,16)/t9-/m0/s1. The highest BCUT2D eigenvalue weighted by atomic mass is 31.2. The van der Waals surface area contributed by atoms with E-state index in [-0.39, 0.29) is 0 Å². The summed E-state index contributed by atoms with van der Waals surface area (Å²) in [6.07, 6.45) is 0. The highest BCUT2D eigenvalue weighted by Gasteiger charge is 2.25. The molecular weight excluding hydrogens is 251 g/mol. The smallest absolute Gasteiger partial charge is 0.332 e. The van der Waals surface area contributed by atoms with E-state index in [9.17, 15) is 14.4 Å². The van der Waals surface area contributed by atoms with E-state index >= 15 is 0 Å². The van der Waals surface area contributed by atoms with E-state index in [1.54, 1.807) is 19.2 Å². The molecule has 0 aromatic heterocycles. The van der Waals surface area contributed by atoms with E-state index in [0.29, 0.717) is 5.56 Å². The van der Waals surface area contributed by atoms with Gasteiger partial charge in [0.15, 0.2) is 0 Å². The molecule has 2 aromatic carbocycles. The molecule has 4 nitrogen and oxygen atoms in total. The monoisotopic (exact) mass is 266 g/mol. The fourth-order valence-corrected chi connectivity index (χ4v) is 2.37. The maximum atomic E-state index is 11.2. The van der Waals surface area contributed by atoms with Crippen molar-refractivity contribution in [1.82, 2.24) is 0 Å². The van der Waals surface area contributed by atoms with Gasteiger partial charge in [0.25, 0.3) is 0 Å². The molecule has 96 valence electrons. The van der Waals surface area contributed by atoms with Crippen LogP contribution in [0.2, 0.25) is 0 Å². The number of fused-ring (bicyclic) bond motifs is 1. The summed E-state index contributed by atoms with van der Waals surface area (Å²) in [5, 5.41) is 1.92. The van der Waals surface area contributed by atoms with Crippen LogP contribution in [-0.2, 0) is 4.57 Å². The molecule has 0 aliphatic carbocycles. The van der Waals surface area contributed by atoms with Gasteiger partial charge in [0.2, 0.25) is 0 Å². The van der Waals surface area contributed by atoms with Crippen molar-refractivity contribution in [2.75, 3.05) is 7.11 Å². The highest BCUT2D eigenvalue weighted by molar-refractivity contribution is 7.52. The van der Waals surface area contributed by atoms with Crippen LogP contribution in [0.4, 0.5) is 0 Å². The summed E-state index contributed by atoms with van der Waals surface area (Å²) < 4.78 is 16.4. The Morgan fingerprint density at radius 3 is 2.33 bits per heavy atom. The molecule has 5 heteroatoms. The minimum Gasteiger partial charge on any atom is -0.497 e. The zero-order valence-electron chi connectivity index (χ0n) is 10.2. The summed E-state index contributed by atoms with van der Waals surface area (Å²) in [7, 11) is -2.49. The molecule has 0 fully saturated rings. The predicted octanol–water partition coefficient (Wildman–Crippen LogP) is 3.09. The van der Waals surface area contributed by atoms with Gasteiger partial charge in [-0.05, 0) is 35.4 Å². The minimum absolute atomic E-state index is 0.640. The lowest BCUT2D eigenvalue weighted by Gasteiger charge is -2.14. The van der Waals surface area contributed by atoms with E-state index in [1.807, 2.05) is 24.3 Å². The molecule has 1 atom stereocenters. The molecule has 2 rings (SSSR count). The Hall–Kier alpha value is -1.35. The Bertz CT molecular complexity index is 617. The molecule has 0 heterocycles. The van der Waals surface area contributed by atoms with Crippen molar-refractivity contribution in [1.29, 1.82) is 0 Å². The van der Waals surface area contributed by atoms with Crippen molar-refractivity contribution >= 4 is 18.4 Å². The van der Waals surface area contributed by atoms with Crippen LogP contribution in [0.1, 0.15) is 18.1 Å². The Balaban J connectivity index is 2.48. The van der Waals surface area contributed by atoms with Gasteiger partial charge in [0.1, 0.15) is 5.75 Å². The normalized spacial score (nSPS) is 13.6. The van der Waals surface area contributed by atoms with Gasteiger partial charge < -0.3 is 14.5 Å². The predicted molar refractivity (Wildman–Crippen MR) is 71.0 cm³/mol. The molecule has 0 amide bonds. The van der Waals surface area contributed by atoms with E-state index in [2.05, 4.69) is 0 Å². The summed E-state index contributed by atoms with van der Waals surface area (Å²) >= 11 is 0. The van der Waals surface area contributed by atoms with E-state index in [0.717, 1.165) is 16.5 Å². The van der Waals surface area contributed by atoms with Crippen molar-refractivity contribution in [3.8, 4) is 5.75 Å². The Morgan fingerprint density at radius 2 is 1.72 bits per heavy atom. The quantitative estimate of drug-likeness (QED) is 0.838. The minimum atomic E-state index is -4.10. The summed E-state index contributed by atoms with van der Waals surface area (Å²) in [6, 6.07) is 11.0. The number of rotatable bonds is 3. The van der Waals surface area contributed by atoms with Gasteiger partial charge in [0, 0.05) is 0 Å². The largest absolute Gasteiger partial charge is 0.497 e. The Labute approximate surface area is 105 Å². The van der Waals surface area contributed by atoms with Gasteiger partial charge >= 0.3 is 7.60 Å². The van der Waals surface area contributed by atoms with Gasteiger partial charge in [-0.15, -0.1) is 0 Å². The van der Waals surface area contributed by atoms with E-state index in [4.69, 9.17) is 4.74 Å². The topological polar surface area (TPSA) is 66.8 Å². The molecule has 0 bridgehead atoms. The maximum absolute atomic E-state index is 11.2. The number of hydrogen-bond acceptors (Lipinski definition) is 2. The summed E-state index contributed by atoms with van der Waals surface area (Å²) in [6.45, 7) is 1.53. The van der Waals surface area contributed by atoms with Gasteiger partial charge in [0.05, 0.1) is 12.8 Å². The Kier molecular flexibility index (Phi) is 3.44. The van der Waals surface area contributed by atoms with Gasteiger partial charge in [-0.1, -0.05) is 24.3 Å². The first-order chi connectivity index (χ1) is 8.41. The van der Waals surface area contributed by atoms with Gasteiger partial charge in [-0.3, -0.25) is 4.57 Å². The molecule has 2 N–H and O–H groups in total. The third kappa shape index (κ3) is 2.56. The van der Waals surface area contributed by atoms with Crippen molar-refractivity contribution < 1.29 is 19.1 Å². The van der Waals surface area contributed by atoms with Crippen LogP contribution in [-0.4, -0.2) is 16.9 Å². The van der Waals surface area contributed by atoms with Crippen LogP contribution in [0.3, 0.4) is 0 Å². The van der Waals surface area contributed by atoms with Crippen molar-refractivity contribution in [3.63, 3.8) is 0 Å². The SMILES string of the molecule is COc1ccc2cc([C@H](C)P(=O)(O)O)ccc2c1. The summed E-state index contributed by atoms with van der Waals surface area (Å²) in [4.78, 5) is 18.4. The number of ether oxygens (including phenoxy) is 1. The van der Waals surface area contributed by atoms with Crippen LogP contribution in [0, 0.1) is 0 Å². The molecule has 0 saturated carbocycles. The average molecular weight is 266 g/mol. The lowest BCUT2D eigenvalue weighted by atomic mass is 10.1. The van der Waals surface area contributed by atoms with Crippen LogP contribution < -0.4 is 4.74 Å².